The molecule has 2 aromatic carbocycles. The van der Waals surface area contributed by atoms with Crippen LogP contribution in [0.2, 0.25) is 0 Å². The first-order valence-electron chi connectivity index (χ1n) is 11.0. The molecule has 1 saturated heterocycles. The Balaban J connectivity index is 2.15. The number of hydrogen-bond donors (Lipinski definition) is 1. The minimum absolute atomic E-state index is 0.0983. The Kier molecular flexibility index (Phi) is 8.69. The Labute approximate surface area is 214 Å². The zero-order valence-corrected chi connectivity index (χ0v) is 19.5. The van der Waals surface area contributed by atoms with Crippen LogP contribution in [0.3, 0.4) is 0 Å². The molecule has 0 aromatic heterocycles. The molecule has 0 bridgehead atoms. The maximum atomic E-state index is 13.2. The summed E-state index contributed by atoms with van der Waals surface area (Å²) in [5.74, 6) is -9.90. The van der Waals surface area contributed by atoms with Gasteiger partial charge in [-0.3, -0.25) is 0 Å². The van der Waals surface area contributed by atoms with E-state index in [1.807, 2.05) is 0 Å². The van der Waals surface area contributed by atoms with Gasteiger partial charge in [0, 0.05) is 19.1 Å². The van der Waals surface area contributed by atoms with Crippen LogP contribution in [0.25, 0.3) is 0 Å². The molecule has 1 unspecified atom stereocenters. The van der Waals surface area contributed by atoms with Gasteiger partial charge in [-0.2, -0.15) is 26.3 Å². The highest BCUT2D eigenvalue weighted by atomic mass is 19.4. The van der Waals surface area contributed by atoms with Gasteiger partial charge in [0.1, 0.15) is 5.75 Å². The Bertz CT molecular complexity index is 1130. The number of piperazine rings is 1. The monoisotopic (exact) mass is 574 g/mol. The first-order valence-corrected chi connectivity index (χ1v) is 11.0. The molecule has 214 valence electrons. The van der Waals surface area contributed by atoms with E-state index in [-0.39, 0.29) is 17.7 Å². The minimum atomic E-state index is -5.70. The van der Waals surface area contributed by atoms with Gasteiger partial charge in [0.05, 0.1) is 6.54 Å². The molecule has 1 atom stereocenters. The molecule has 16 heteroatoms. The van der Waals surface area contributed by atoms with Gasteiger partial charge >= 0.3 is 36.6 Å². The largest absolute Gasteiger partial charge is 0.573 e. The third-order valence-electron chi connectivity index (χ3n) is 5.45. The van der Waals surface area contributed by atoms with Gasteiger partial charge < -0.3 is 19.5 Å². The van der Waals surface area contributed by atoms with Crippen LogP contribution in [-0.2, 0) is 25.5 Å². The van der Waals surface area contributed by atoms with E-state index in [1.165, 1.54) is 48.5 Å². The van der Waals surface area contributed by atoms with Gasteiger partial charge in [-0.1, -0.05) is 48.5 Å². The normalized spacial score (nSPS) is 17.3. The average Bonchev–Trinajstić information content (AvgIpc) is 2.82. The van der Waals surface area contributed by atoms with Gasteiger partial charge in [-0.05, 0) is 23.6 Å². The van der Waals surface area contributed by atoms with E-state index in [0.717, 1.165) is 11.0 Å². The number of halogens is 9. The highest BCUT2D eigenvalue weighted by molar-refractivity contribution is 5.78. The number of para-hydroxylation sites is 1. The van der Waals surface area contributed by atoms with E-state index in [4.69, 9.17) is 0 Å². The van der Waals surface area contributed by atoms with E-state index in [0.29, 0.717) is 0 Å². The van der Waals surface area contributed by atoms with Crippen molar-refractivity contribution in [3.8, 4) is 5.75 Å². The second-order valence-electron chi connectivity index (χ2n) is 8.14. The quantitative estimate of drug-likeness (QED) is 0.294. The lowest BCUT2D eigenvalue weighted by Crippen LogP contribution is -2.67. The van der Waals surface area contributed by atoms with Crippen LogP contribution in [0.15, 0.2) is 54.6 Å². The van der Waals surface area contributed by atoms with Gasteiger partial charge in [0.2, 0.25) is 0 Å². The van der Waals surface area contributed by atoms with Gasteiger partial charge in [0.15, 0.2) is 0 Å². The van der Waals surface area contributed by atoms with Crippen LogP contribution in [-0.4, -0.2) is 61.1 Å². The summed E-state index contributed by atoms with van der Waals surface area (Å²) >= 11 is 0. The summed E-state index contributed by atoms with van der Waals surface area (Å²) in [4.78, 5) is 24.4. The van der Waals surface area contributed by atoms with Gasteiger partial charge in [-0.25, -0.2) is 14.5 Å². The van der Waals surface area contributed by atoms with Crippen LogP contribution < -0.4 is 10.1 Å². The van der Waals surface area contributed by atoms with Crippen molar-refractivity contribution in [3.63, 3.8) is 0 Å². The number of nitrogens with zero attached hydrogens (tertiary/aromatic N) is 1. The molecule has 2 aromatic rings. The highest BCUT2D eigenvalue weighted by Crippen LogP contribution is 2.39. The lowest BCUT2D eigenvalue weighted by Gasteiger charge is -2.48. The van der Waals surface area contributed by atoms with Crippen LogP contribution in [0.5, 0.6) is 5.75 Å². The van der Waals surface area contributed by atoms with Gasteiger partial charge in [0.25, 0.3) is 0 Å². The van der Waals surface area contributed by atoms with Crippen molar-refractivity contribution in [2.45, 2.75) is 37.1 Å². The molecule has 1 heterocycles. The van der Waals surface area contributed by atoms with Crippen LogP contribution in [0.4, 0.5) is 39.5 Å². The first kappa shape index (κ1) is 30.0. The number of rotatable bonds is 7. The molecular weight excluding hydrogens is 555 g/mol. The lowest BCUT2D eigenvalue weighted by molar-refractivity contribution is -0.326. The molecule has 0 amide bonds. The lowest BCUT2D eigenvalue weighted by atomic mass is 9.95. The topological polar surface area (TPSA) is 77.1 Å². The highest BCUT2D eigenvalue weighted by Gasteiger charge is 2.57. The molecule has 0 spiro atoms. The number of esters is 2. The maximum absolute atomic E-state index is 13.2. The molecule has 0 aliphatic carbocycles. The Morgan fingerprint density at radius 3 is 1.92 bits per heavy atom. The van der Waals surface area contributed by atoms with E-state index in [9.17, 15) is 49.1 Å². The second-order valence-corrected chi connectivity index (χ2v) is 8.14. The molecule has 1 fully saturated rings. The van der Waals surface area contributed by atoms with Crippen molar-refractivity contribution in [1.82, 2.24) is 10.2 Å². The first-order chi connectivity index (χ1) is 18.0. The Morgan fingerprint density at radius 2 is 1.38 bits per heavy atom. The summed E-state index contributed by atoms with van der Waals surface area (Å²) < 4.78 is 131. The van der Waals surface area contributed by atoms with Crippen molar-refractivity contribution in [2.75, 3.05) is 19.6 Å². The molecule has 7 nitrogen and oxygen atoms in total. The second kappa shape index (κ2) is 11.3. The standard InChI is InChI=1S/C23H19F9N2O5/c24-21(25,26)18(35)38-20(39-19(36)22(27,28)29)13-33-10-11-34(20)16(14-6-2-1-3-7-14)12-15-8-4-5-9-17(15)37-23(30,31)32/h1-9,16,33H,10-13H2. The van der Waals surface area contributed by atoms with Crippen molar-refractivity contribution in [1.29, 1.82) is 0 Å². The third kappa shape index (κ3) is 7.75. The minimum Gasteiger partial charge on any atom is -0.406 e. The summed E-state index contributed by atoms with van der Waals surface area (Å²) in [5, 5.41) is 2.43. The number of ether oxygens (including phenoxy) is 3. The fourth-order valence-electron chi connectivity index (χ4n) is 3.91. The summed E-state index contributed by atoms with van der Waals surface area (Å²) in [7, 11) is 0. The smallest absolute Gasteiger partial charge is 0.406 e. The number of carbonyl (C=O) groups is 2. The molecular formula is C23H19F9N2O5. The number of carbonyl (C=O) groups excluding carboxylic acids is 2. The number of nitrogens with one attached hydrogen (secondary N) is 1. The van der Waals surface area contributed by atoms with Crippen molar-refractivity contribution in [3.05, 3.63) is 65.7 Å². The average molecular weight is 574 g/mol. The van der Waals surface area contributed by atoms with Crippen molar-refractivity contribution < 1.29 is 63.3 Å². The fourth-order valence-corrected chi connectivity index (χ4v) is 3.91. The van der Waals surface area contributed by atoms with Crippen LogP contribution >= 0.6 is 0 Å². The van der Waals surface area contributed by atoms with E-state index in [1.54, 1.807) is 0 Å². The van der Waals surface area contributed by atoms with Crippen LogP contribution in [0, 0.1) is 0 Å². The Hall–Kier alpha value is -3.53. The predicted molar refractivity (Wildman–Crippen MR) is 113 cm³/mol. The fraction of sp³-hybridized carbons (Fsp3) is 0.391. The zero-order valence-electron chi connectivity index (χ0n) is 19.5. The maximum Gasteiger partial charge on any atom is 0.573 e. The number of hydrogen-bond acceptors (Lipinski definition) is 7. The van der Waals surface area contributed by atoms with Crippen LogP contribution in [0.1, 0.15) is 17.2 Å². The molecule has 1 N–H and O–H groups in total. The molecule has 0 saturated carbocycles. The molecule has 0 radical (unpaired) electrons. The Morgan fingerprint density at radius 1 is 0.846 bits per heavy atom. The van der Waals surface area contributed by atoms with Crippen molar-refractivity contribution >= 4 is 11.9 Å². The number of benzene rings is 2. The van der Waals surface area contributed by atoms with E-state index < -0.39 is 67.9 Å². The molecule has 1 aliphatic heterocycles. The van der Waals surface area contributed by atoms with Crippen molar-refractivity contribution in [2.24, 2.45) is 0 Å². The van der Waals surface area contributed by atoms with E-state index in [2.05, 4.69) is 19.5 Å². The molecule has 1 aliphatic rings. The summed E-state index contributed by atoms with van der Waals surface area (Å²) in [6.07, 6.45) is -17.0. The third-order valence-corrected chi connectivity index (χ3v) is 5.45. The summed E-state index contributed by atoms with van der Waals surface area (Å²) in [5.41, 5.74) is 0.0251. The summed E-state index contributed by atoms with van der Waals surface area (Å²) in [6, 6.07) is 10.5. The SMILES string of the molecule is O=C(OC1(OC(=O)C(F)(F)F)CNCCN1C(Cc1ccccc1OC(F)(F)F)c1ccccc1)C(F)(F)F. The molecule has 3 rings (SSSR count). The summed E-state index contributed by atoms with van der Waals surface area (Å²) in [6.45, 7) is -1.59. The predicted octanol–water partition coefficient (Wildman–Crippen LogP) is 4.64. The number of alkyl halides is 9. The zero-order chi connectivity index (χ0) is 29.1. The molecule has 39 heavy (non-hydrogen) atoms. The van der Waals surface area contributed by atoms with E-state index >= 15 is 0 Å². The van der Waals surface area contributed by atoms with Gasteiger partial charge in [-0.15, -0.1) is 13.2 Å².